The summed E-state index contributed by atoms with van der Waals surface area (Å²) in [6.07, 6.45) is 0. The van der Waals surface area contributed by atoms with Crippen molar-refractivity contribution in [2.75, 3.05) is 11.1 Å². The van der Waals surface area contributed by atoms with E-state index in [-0.39, 0.29) is 11.7 Å². The number of hydrogen-bond acceptors (Lipinski definition) is 7. The molecule has 118 valence electrons. The first-order valence-electron chi connectivity index (χ1n) is 6.48. The van der Waals surface area contributed by atoms with Crippen molar-refractivity contribution < 1.29 is 4.79 Å². The summed E-state index contributed by atoms with van der Waals surface area (Å²) >= 11 is 8.74. The first kappa shape index (κ1) is 15.9. The third kappa shape index (κ3) is 3.69. The summed E-state index contributed by atoms with van der Waals surface area (Å²) in [4.78, 5) is 11.9. The highest BCUT2D eigenvalue weighted by molar-refractivity contribution is 7.99. The van der Waals surface area contributed by atoms with Crippen LogP contribution in [0.3, 0.4) is 0 Å². The van der Waals surface area contributed by atoms with Crippen LogP contribution in [-0.4, -0.2) is 36.6 Å². The van der Waals surface area contributed by atoms with Crippen molar-refractivity contribution in [3.8, 4) is 11.4 Å². The van der Waals surface area contributed by atoms with Crippen molar-refractivity contribution in [1.29, 1.82) is 0 Å². The average molecular weight is 367 g/mol. The third-order valence-electron chi connectivity index (χ3n) is 2.89. The van der Waals surface area contributed by atoms with E-state index in [2.05, 4.69) is 25.7 Å². The number of carbonyl (C=O) groups excluding carboxylic acids is 1. The molecule has 0 aliphatic rings. The van der Waals surface area contributed by atoms with Gasteiger partial charge < -0.3 is 4.57 Å². The molecule has 0 spiro atoms. The number of aromatic nitrogens is 5. The molecule has 23 heavy (non-hydrogen) atoms. The lowest BCUT2D eigenvalue weighted by atomic mass is 10.2. The van der Waals surface area contributed by atoms with E-state index in [0.717, 1.165) is 5.56 Å². The number of thioether (sulfide) groups is 1. The Balaban J connectivity index is 1.68. The number of benzene rings is 1. The minimum absolute atomic E-state index is 0.172. The van der Waals surface area contributed by atoms with Gasteiger partial charge in [-0.2, -0.15) is 0 Å². The fourth-order valence-electron chi connectivity index (χ4n) is 1.83. The van der Waals surface area contributed by atoms with Crippen molar-refractivity contribution in [3.63, 3.8) is 0 Å². The van der Waals surface area contributed by atoms with Gasteiger partial charge in [0.2, 0.25) is 11.0 Å². The molecular weight excluding hydrogens is 356 g/mol. The second-order valence-corrected chi connectivity index (χ2v) is 6.61. The SMILES string of the molecule is Cn1c(SCC(=O)Nc2nncs2)nnc1-c1ccccc1Cl. The first-order valence-corrected chi connectivity index (χ1v) is 8.72. The summed E-state index contributed by atoms with van der Waals surface area (Å²) in [5.74, 6) is 0.685. The van der Waals surface area contributed by atoms with Crippen molar-refractivity contribution in [2.45, 2.75) is 5.16 Å². The second kappa shape index (κ2) is 7.07. The lowest BCUT2D eigenvalue weighted by Gasteiger charge is -2.05. The molecule has 10 heteroatoms. The van der Waals surface area contributed by atoms with E-state index in [1.165, 1.54) is 23.1 Å². The van der Waals surface area contributed by atoms with E-state index in [1.54, 1.807) is 11.6 Å². The largest absolute Gasteiger partial charge is 0.305 e. The molecule has 2 heterocycles. The second-order valence-electron chi connectivity index (χ2n) is 4.43. The Morgan fingerprint density at radius 3 is 2.91 bits per heavy atom. The van der Waals surface area contributed by atoms with Crippen molar-refractivity contribution in [2.24, 2.45) is 7.05 Å². The van der Waals surface area contributed by atoms with E-state index in [1.807, 2.05) is 29.8 Å². The summed E-state index contributed by atoms with van der Waals surface area (Å²) < 4.78 is 1.81. The molecule has 0 saturated heterocycles. The number of amides is 1. The van der Waals surface area contributed by atoms with Crippen LogP contribution in [0.25, 0.3) is 11.4 Å². The summed E-state index contributed by atoms with van der Waals surface area (Å²) in [5, 5.41) is 20.1. The van der Waals surface area contributed by atoms with Gasteiger partial charge in [0.1, 0.15) is 5.51 Å². The Bertz CT molecular complexity index is 820. The number of nitrogens with one attached hydrogen (secondary N) is 1. The fourth-order valence-corrected chi connectivity index (χ4v) is 3.22. The standard InChI is InChI=1S/C13H11ClN6OS2/c1-20-11(8-4-2-3-5-9(8)14)17-19-13(20)22-6-10(21)16-12-18-15-7-23-12/h2-5,7H,6H2,1H3,(H,16,18,21). The highest BCUT2D eigenvalue weighted by Crippen LogP contribution is 2.28. The van der Waals surface area contributed by atoms with E-state index in [9.17, 15) is 4.79 Å². The van der Waals surface area contributed by atoms with Gasteiger partial charge >= 0.3 is 0 Å². The van der Waals surface area contributed by atoms with Crippen LogP contribution in [-0.2, 0) is 11.8 Å². The Morgan fingerprint density at radius 2 is 2.17 bits per heavy atom. The summed E-state index contributed by atoms with van der Waals surface area (Å²) in [6, 6.07) is 7.42. The summed E-state index contributed by atoms with van der Waals surface area (Å²) in [6.45, 7) is 0. The van der Waals surface area contributed by atoms with Gasteiger partial charge in [-0.05, 0) is 12.1 Å². The molecule has 0 fully saturated rings. The maximum atomic E-state index is 11.9. The molecule has 0 saturated carbocycles. The molecule has 0 atom stereocenters. The molecule has 7 nitrogen and oxygen atoms in total. The molecule has 0 aliphatic carbocycles. The van der Waals surface area contributed by atoms with E-state index in [4.69, 9.17) is 11.6 Å². The van der Waals surface area contributed by atoms with Crippen LogP contribution in [0.2, 0.25) is 5.02 Å². The highest BCUT2D eigenvalue weighted by Gasteiger charge is 2.15. The molecule has 2 aromatic heterocycles. The summed E-state index contributed by atoms with van der Waals surface area (Å²) in [5.41, 5.74) is 2.36. The predicted octanol–water partition coefficient (Wildman–Crippen LogP) is 2.72. The molecule has 0 bridgehead atoms. The number of rotatable bonds is 5. The highest BCUT2D eigenvalue weighted by atomic mass is 35.5. The van der Waals surface area contributed by atoms with Crippen molar-refractivity contribution >= 4 is 45.7 Å². The molecular formula is C13H11ClN6OS2. The topological polar surface area (TPSA) is 85.6 Å². The third-order valence-corrected chi connectivity index (χ3v) is 4.84. The van der Waals surface area contributed by atoms with Crippen LogP contribution < -0.4 is 5.32 Å². The average Bonchev–Trinajstić information content (AvgIpc) is 3.16. The van der Waals surface area contributed by atoms with E-state index in [0.29, 0.717) is 21.1 Å². The number of nitrogens with zero attached hydrogens (tertiary/aromatic N) is 5. The minimum Gasteiger partial charge on any atom is -0.305 e. The fraction of sp³-hybridized carbons (Fsp3) is 0.154. The van der Waals surface area contributed by atoms with Gasteiger partial charge in [-0.15, -0.1) is 20.4 Å². The van der Waals surface area contributed by atoms with Gasteiger partial charge in [-0.25, -0.2) is 0 Å². The molecule has 0 unspecified atom stereocenters. The van der Waals surface area contributed by atoms with Crippen molar-refractivity contribution in [1.82, 2.24) is 25.0 Å². The Labute approximate surface area is 145 Å². The predicted molar refractivity (Wildman–Crippen MR) is 90.7 cm³/mol. The smallest absolute Gasteiger partial charge is 0.236 e. The van der Waals surface area contributed by atoms with Crippen LogP contribution in [0, 0.1) is 0 Å². The van der Waals surface area contributed by atoms with Crippen LogP contribution in [0.5, 0.6) is 0 Å². The molecule has 1 N–H and O–H groups in total. The number of hydrogen-bond donors (Lipinski definition) is 1. The first-order chi connectivity index (χ1) is 11.1. The van der Waals surface area contributed by atoms with Gasteiger partial charge in [0, 0.05) is 12.6 Å². The maximum Gasteiger partial charge on any atom is 0.236 e. The van der Waals surface area contributed by atoms with Crippen LogP contribution in [0.1, 0.15) is 0 Å². The Hall–Kier alpha value is -1.97. The zero-order valence-corrected chi connectivity index (χ0v) is 14.3. The molecule has 0 aliphatic heterocycles. The zero-order chi connectivity index (χ0) is 16.2. The monoisotopic (exact) mass is 366 g/mol. The molecule has 3 aromatic rings. The van der Waals surface area contributed by atoms with Gasteiger partial charge in [0.15, 0.2) is 11.0 Å². The van der Waals surface area contributed by atoms with Crippen LogP contribution in [0.15, 0.2) is 34.9 Å². The van der Waals surface area contributed by atoms with Crippen LogP contribution in [0.4, 0.5) is 5.13 Å². The number of carbonyl (C=O) groups is 1. The normalized spacial score (nSPS) is 10.7. The minimum atomic E-state index is -0.172. The Kier molecular flexibility index (Phi) is 4.89. The summed E-state index contributed by atoms with van der Waals surface area (Å²) in [7, 11) is 1.84. The number of anilines is 1. The van der Waals surface area contributed by atoms with Crippen LogP contribution >= 0.6 is 34.7 Å². The van der Waals surface area contributed by atoms with E-state index < -0.39 is 0 Å². The van der Waals surface area contributed by atoms with Crippen molar-refractivity contribution in [3.05, 3.63) is 34.8 Å². The lowest BCUT2D eigenvalue weighted by Crippen LogP contribution is -2.14. The molecule has 1 amide bonds. The van der Waals surface area contributed by atoms with Gasteiger partial charge in [0.25, 0.3) is 0 Å². The molecule has 1 aromatic carbocycles. The molecule has 3 rings (SSSR count). The maximum absolute atomic E-state index is 11.9. The van der Waals surface area contributed by atoms with Gasteiger partial charge in [0.05, 0.1) is 10.8 Å². The number of halogens is 1. The quantitative estimate of drug-likeness (QED) is 0.699. The van der Waals surface area contributed by atoms with Gasteiger partial charge in [-0.1, -0.05) is 46.8 Å². The Morgan fingerprint density at radius 1 is 1.35 bits per heavy atom. The molecule has 0 radical (unpaired) electrons. The lowest BCUT2D eigenvalue weighted by molar-refractivity contribution is -0.113. The zero-order valence-electron chi connectivity index (χ0n) is 11.9. The van der Waals surface area contributed by atoms with Gasteiger partial charge in [-0.3, -0.25) is 10.1 Å². The van der Waals surface area contributed by atoms with E-state index >= 15 is 0 Å².